The van der Waals surface area contributed by atoms with Gasteiger partial charge in [0.1, 0.15) is 5.25 Å². The third-order valence-electron chi connectivity index (χ3n) is 1.64. The number of carbonyl (C=O) groups is 2. The number of nitrogens with two attached hydrogens (primary N) is 1. The van der Waals surface area contributed by atoms with Crippen molar-refractivity contribution >= 4 is 22.7 Å². The van der Waals surface area contributed by atoms with Crippen LogP contribution in [0.25, 0.3) is 0 Å². The molecule has 0 fully saturated rings. The molecule has 0 saturated heterocycles. The summed E-state index contributed by atoms with van der Waals surface area (Å²) in [5.74, 6) is -2.24. The minimum atomic E-state index is -1.55. The molecule has 1 amide bonds. The lowest BCUT2D eigenvalue weighted by molar-refractivity contribution is -0.136. The molecule has 76 valence electrons. The summed E-state index contributed by atoms with van der Waals surface area (Å²) in [5, 5.41) is 7.54. The van der Waals surface area contributed by atoms with Crippen LogP contribution in [0.3, 0.4) is 0 Å². The SMILES string of the molecule is CC(CS(=O)C(C)C(=O)O)C(N)=O. The van der Waals surface area contributed by atoms with E-state index < -0.39 is 33.8 Å². The van der Waals surface area contributed by atoms with Crippen molar-refractivity contribution in [3.8, 4) is 0 Å². The van der Waals surface area contributed by atoms with Gasteiger partial charge in [-0.25, -0.2) is 0 Å². The molecule has 3 atom stereocenters. The van der Waals surface area contributed by atoms with Crippen LogP contribution in [-0.2, 0) is 20.4 Å². The number of hydrogen-bond acceptors (Lipinski definition) is 3. The number of hydrogen-bond donors (Lipinski definition) is 2. The standard InChI is InChI=1S/C7H13NO4S/c1-4(6(8)9)3-13(12)5(2)7(10)11/h4-5H,3H2,1-2H3,(H2,8,9)(H,10,11). The number of carboxylic acid groups (broad SMARTS) is 1. The molecule has 0 saturated carbocycles. The summed E-state index contributed by atoms with van der Waals surface area (Å²) >= 11 is 0. The minimum absolute atomic E-state index is 0.00278. The van der Waals surface area contributed by atoms with Crippen molar-refractivity contribution in [2.45, 2.75) is 19.1 Å². The van der Waals surface area contributed by atoms with E-state index in [0.717, 1.165) is 0 Å². The highest BCUT2D eigenvalue weighted by Crippen LogP contribution is 2.03. The summed E-state index contributed by atoms with van der Waals surface area (Å²) < 4.78 is 11.2. The van der Waals surface area contributed by atoms with E-state index in [1.54, 1.807) is 0 Å². The second-order valence-electron chi connectivity index (χ2n) is 2.83. The van der Waals surface area contributed by atoms with E-state index in [9.17, 15) is 13.8 Å². The summed E-state index contributed by atoms with van der Waals surface area (Å²) in [6, 6.07) is 0. The maximum Gasteiger partial charge on any atom is 0.318 e. The molecular weight excluding hydrogens is 194 g/mol. The zero-order chi connectivity index (χ0) is 10.6. The molecule has 0 heterocycles. The molecule has 0 bridgehead atoms. The van der Waals surface area contributed by atoms with E-state index in [4.69, 9.17) is 10.8 Å². The third-order valence-corrected chi connectivity index (χ3v) is 3.46. The fourth-order valence-electron chi connectivity index (χ4n) is 0.585. The lowest BCUT2D eigenvalue weighted by Gasteiger charge is -2.09. The van der Waals surface area contributed by atoms with Crippen molar-refractivity contribution in [1.82, 2.24) is 0 Å². The van der Waals surface area contributed by atoms with Gasteiger partial charge in [-0.3, -0.25) is 13.8 Å². The first kappa shape index (κ1) is 12.1. The Kier molecular flexibility index (Phi) is 4.61. The summed E-state index contributed by atoms with van der Waals surface area (Å²) in [5.41, 5.74) is 4.94. The average molecular weight is 207 g/mol. The van der Waals surface area contributed by atoms with Crippen LogP contribution >= 0.6 is 0 Å². The van der Waals surface area contributed by atoms with Gasteiger partial charge in [-0.15, -0.1) is 0 Å². The molecule has 0 aromatic rings. The Labute approximate surface area is 78.8 Å². The van der Waals surface area contributed by atoms with Crippen LogP contribution in [0, 0.1) is 5.92 Å². The topological polar surface area (TPSA) is 97.5 Å². The van der Waals surface area contributed by atoms with Gasteiger partial charge in [-0.2, -0.15) is 0 Å². The monoisotopic (exact) mass is 207 g/mol. The number of aliphatic carboxylic acids is 1. The molecule has 3 unspecified atom stereocenters. The molecule has 0 spiro atoms. The van der Waals surface area contributed by atoms with E-state index in [-0.39, 0.29) is 5.75 Å². The Hall–Kier alpha value is -0.910. The fraction of sp³-hybridized carbons (Fsp3) is 0.714. The fourth-order valence-corrected chi connectivity index (χ4v) is 1.76. The van der Waals surface area contributed by atoms with Gasteiger partial charge in [-0.05, 0) is 6.92 Å². The molecule has 0 rings (SSSR count). The van der Waals surface area contributed by atoms with E-state index in [1.807, 2.05) is 0 Å². The van der Waals surface area contributed by atoms with Crippen LogP contribution in [0.1, 0.15) is 13.8 Å². The molecular formula is C7H13NO4S. The number of amides is 1. The van der Waals surface area contributed by atoms with Gasteiger partial charge < -0.3 is 10.8 Å². The minimum Gasteiger partial charge on any atom is -0.480 e. The van der Waals surface area contributed by atoms with Gasteiger partial charge in [0, 0.05) is 22.5 Å². The second kappa shape index (κ2) is 4.96. The molecule has 0 aromatic heterocycles. The van der Waals surface area contributed by atoms with Crippen LogP contribution in [-0.4, -0.2) is 32.2 Å². The Morgan fingerprint density at radius 2 is 1.92 bits per heavy atom. The van der Waals surface area contributed by atoms with Crippen molar-refractivity contribution in [2.75, 3.05) is 5.75 Å². The van der Waals surface area contributed by atoms with Gasteiger partial charge in [0.2, 0.25) is 5.91 Å². The van der Waals surface area contributed by atoms with Crippen LogP contribution in [0.15, 0.2) is 0 Å². The zero-order valence-electron chi connectivity index (χ0n) is 7.52. The summed E-state index contributed by atoms with van der Waals surface area (Å²) in [4.78, 5) is 21.0. The van der Waals surface area contributed by atoms with Gasteiger partial charge in [-0.1, -0.05) is 6.92 Å². The predicted octanol–water partition coefficient (Wildman–Crippen LogP) is -0.670. The quantitative estimate of drug-likeness (QED) is 0.624. The largest absolute Gasteiger partial charge is 0.480 e. The van der Waals surface area contributed by atoms with Crippen LogP contribution in [0.2, 0.25) is 0 Å². The smallest absolute Gasteiger partial charge is 0.318 e. The number of carboxylic acids is 1. The Bertz CT molecular complexity index is 241. The summed E-state index contributed by atoms with van der Waals surface area (Å²) in [6.07, 6.45) is 0. The number of rotatable bonds is 5. The van der Waals surface area contributed by atoms with E-state index in [2.05, 4.69) is 0 Å². The van der Waals surface area contributed by atoms with Crippen molar-refractivity contribution in [3.63, 3.8) is 0 Å². The van der Waals surface area contributed by atoms with Crippen molar-refractivity contribution in [2.24, 2.45) is 11.7 Å². The van der Waals surface area contributed by atoms with Crippen molar-refractivity contribution in [3.05, 3.63) is 0 Å². The van der Waals surface area contributed by atoms with Gasteiger partial charge in [0.15, 0.2) is 0 Å². The molecule has 0 aliphatic heterocycles. The Morgan fingerprint density at radius 1 is 1.46 bits per heavy atom. The second-order valence-corrected chi connectivity index (χ2v) is 4.63. The molecule has 6 heteroatoms. The van der Waals surface area contributed by atoms with E-state index in [1.165, 1.54) is 13.8 Å². The summed E-state index contributed by atoms with van der Waals surface area (Å²) in [6.45, 7) is 2.86. The normalized spacial score (nSPS) is 17.4. The average Bonchev–Trinajstić information content (AvgIpc) is 2.02. The first-order valence-electron chi connectivity index (χ1n) is 3.75. The lowest BCUT2D eigenvalue weighted by Crippen LogP contribution is -2.31. The molecule has 0 aliphatic carbocycles. The van der Waals surface area contributed by atoms with E-state index >= 15 is 0 Å². The number of primary amides is 1. The first-order valence-corrected chi connectivity index (χ1v) is 5.13. The van der Waals surface area contributed by atoms with Crippen molar-refractivity contribution in [1.29, 1.82) is 0 Å². The highest BCUT2D eigenvalue weighted by atomic mass is 32.2. The third kappa shape index (κ3) is 4.02. The molecule has 3 N–H and O–H groups in total. The summed E-state index contributed by atoms with van der Waals surface area (Å²) in [7, 11) is -1.55. The molecule has 5 nitrogen and oxygen atoms in total. The Balaban J connectivity index is 4.15. The van der Waals surface area contributed by atoms with Crippen LogP contribution in [0.5, 0.6) is 0 Å². The van der Waals surface area contributed by atoms with Gasteiger partial charge in [0.25, 0.3) is 0 Å². The molecule has 0 aliphatic rings. The molecule has 0 aromatic carbocycles. The van der Waals surface area contributed by atoms with Gasteiger partial charge in [0.05, 0.1) is 0 Å². The number of carbonyl (C=O) groups excluding carboxylic acids is 1. The predicted molar refractivity (Wildman–Crippen MR) is 48.5 cm³/mol. The van der Waals surface area contributed by atoms with Gasteiger partial charge >= 0.3 is 5.97 Å². The first-order chi connectivity index (χ1) is 5.86. The highest BCUT2D eigenvalue weighted by molar-refractivity contribution is 7.86. The molecule has 13 heavy (non-hydrogen) atoms. The highest BCUT2D eigenvalue weighted by Gasteiger charge is 2.22. The van der Waals surface area contributed by atoms with Crippen LogP contribution in [0.4, 0.5) is 0 Å². The van der Waals surface area contributed by atoms with Crippen molar-refractivity contribution < 1.29 is 18.9 Å². The maximum atomic E-state index is 11.2. The molecule has 0 radical (unpaired) electrons. The lowest BCUT2D eigenvalue weighted by atomic mass is 10.2. The maximum absolute atomic E-state index is 11.2. The zero-order valence-corrected chi connectivity index (χ0v) is 8.34. The van der Waals surface area contributed by atoms with E-state index in [0.29, 0.717) is 0 Å². The Morgan fingerprint density at radius 3 is 2.23 bits per heavy atom. The van der Waals surface area contributed by atoms with Crippen LogP contribution < -0.4 is 5.73 Å².